The monoisotopic (exact) mass is 429 g/mol. The second-order valence-corrected chi connectivity index (χ2v) is 7.46. The van der Waals surface area contributed by atoms with Crippen LogP contribution in [-0.2, 0) is 11.0 Å². The molecule has 2 atom stereocenters. The SMILES string of the molecule is CN1CC[C@@]2(CC[C@@H](c3cc(-c4ccc(C(F)(F)F)cc4)c(F)cn3)N2)C1=O.Cl. The van der Waals surface area contributed by atoms with Gasteiger partial charge in [0, 0.05) is 19.2 Å². The molecule has 2 fully saturated rings. The summed E-state index contributed by atoms with van der Waals surface area (Å²) < 4.78 is 52.6. The average Bonchev–Trinajstić information content (AvgIpc) is 3.22. The van der Waals surface area contributed by atoms with Crippen LogP contribution in [0, 0.1) is 5.82 Å². The van der Waals surface area contributed by atoms with Crippen molar-refractivity contribution in [3.8, 4) is 11.1 Å². The molecule has 3 heterocycles. The van der Waals surface area contributed by atoms with Gasteiger partial charge in [0.15, 0.2) is 0 Å². The Hall–Kier alpha value is -2.19. The van der Waals surface area contributed by atoms with Gasteiger partial charge in [0.05, 0.1) is 23.5 Å². The highest BCUT2D eigenvalue weighted by atomic mass is 35.5. The number of aromatic nitrogens is 1. The van der Waals surface area contributed by atoms with Gasteiger partial charge in [0.25, 0.3) is 0 Å². The van der Waals surface area contributed by atoms with Crippen molar-refractivity contribution >= 4 is 18.3 Å². The van der Waals surface area contributed by atoms with Gasteiger partial charge in [-0.1, -0.05) is 12.1 Å². The Balaban J connectivity index is 0.00000240. The van der Waals surface area contributed by atoms with Crippen LogP contribution in [-0.4, -0.2) is 34.9 Å². The van der Waals surface area contributed by atoms with Crippen LogP contribution < -0.4 is 5.32 Å². The topological polar surface area (TPSA) is 45.2 Å². The highest BCUT2D eigenvalue weighted by Crippen LogP contribution is 2.39. The molecule has 2 saturated heterocycles. The molecule has 156 valence electrons. The van der Waals surface area contributed by atoms with Crippen LogP contribution in [0.3, 0.4) is 0 Å². The maximum atomic E-state index is 14.3. The Labute approximate surface area is 171 Å². The number of nitrogens with zero attached hydrogens (tertiary/aromatic N) is 2. The average molecular weight is 430 g/mol. The lowest BCUT2D eigenvalue weighted by Crippen LogP contribution is -2.47. The predicted molar refractivity (Wildman–Crippen MR) is 102 cm³/mol. The van der Waals surface area contributed by atoms with Crippen LogP contribution in [0.2, 0.25) is 0 Å². The van der Waals surface area contributed by atoms with Crippen LogP contribution in [0.25, 0.3) is 11.1 Å². The minimum atomic E-state index is -4.44. The summed E-state index contributed by atoms with van der Waals surface area (Å²) in [7, 11) is 1.77. The molecule has 2 aliphatic heterocycles. The zero-order valence-electron chi connectivity index (χ0n) is 15.6. The fraction of sp³-hybridized carbons (Fsp3) is 0.400. The number of carbonyl (C=O) groups excluding carboxylic acids is 1. The number of halogens is 5. The van der Waals surface area contributed by atoms with Crippen molar-refractivity contribution in [1.29, 1.82) is 0 Å². The van der Waals surface area contributed by atoms with Gasteiger partial charge in [-0.3, -0.25) is 15.1 Å². The first kappa shape index (κ1) is 21.5. The van der Waals surface area contributed by atoms with E-state index < -0.39 is 23.1 Å². The number of likely N-dealkylation sites (tertiary alicyclic amines) is 1. The molecule has 0 unspecified atom stereocenters. The molecule has 0 aliphatic carbocycles. The van der Waals surface area contributed by atoms with E-state index >= 15 is 0 Å². The third kappa shape index (κ3) is 3.83. The number of hydrogen-bond acceptors (Lipinski definition) is 3. The Bertz CT molecular complexity index is 919. The number of carbonyl (C=O) groups is 1. The van der Waals surface area contributed by atoms with Gasteiger partial charge >= 0.3 is 6.18 Å². The minimum Gasteiger partial charge on any atom is -0.344 e. The smallest absolute Gasteiger partial charge is 0.344 e. The first-order valence-corrected chi connectivity index (χ1v) is 9.06. The number of alkyl halides is 3. The minimum absolute atomic E-state index is 0. The number of likely N-dealkylation sites (N-methyl/N-ethyl adjacent to an activating group) is 1. The van der Waals surface area contributed by atoms with E-state index in [1.807, 2.05) is 0 Å². The van der Waals surface area contributed by atoms with E-state index in [4.69, 9.17) is 0 Å². The maximum Gasteiger partial charge on any atom is 0.416 e. The van der Waals surface area contributed by atoms with Gasteiger partial charge in [0.1, 0.15) is 11.4 Å². The van der Waals surface area contributed by atoms with Gasteiger partial charge in [-0.2, -0.15) is 13.2 Å². The largest absolute Gasteiger partial charge is 0.416 e. The van der Waals surface area contributed by atoms with Crippen LogP contribution in [0.5, 0.6) is 0 Å². The summed E-state index contributed by atoms with van der Waals surface area (Å²) in [6.07, 6.45) is -1.28. The molecule has 29 heavy (non-hydrogen) atoms. The Morgan fingerprint density at radius 1 is 1.21 bits per heavy atom. The van der Waals surface area contributed by atoms with Gasteiger partial charge in [0.2, 0.25) is 5.91 Å². The summed E-state index contributed by atoms with van der Waals surface area (Å²) in [6, 6.07) is 5.73. The predicted octanol–water partition coefficient (Wildman–Crippen LogP) is 4.35. The lowest BCUT2D eigenvalue weighted by Gasteiger charge is -2.23. The third-order valence-electron chi connectivity index (χ3n) is 5.70. The van der Waals surface area contributed by atoms with Gasteiger partial charge in [-0.25, -0.2) is 4.39 Å². The highest BCUT2D eigenvalue weighted by molar-refractivity contribution is 5.88. The van der Waals surface area contributed by atoms with Crippen molar-refractivity contribution < 1.29 is 22.4 Å². The van der Waals surface area contributed by atoms with Crippen molar-refractivity contribution in [2.75, 3.05) is 13.6 Å². The zero-order valence-corrected chi connectivity index (χ0v) is 16.4. The van der Waals surface area contributed by atoms with Crippen molar-refractivity contribution in [2.24, 2.45) is 0 Å². The molecular formula is C20H20ClF4N3O. The van der Waals surface area contributed by atoms with E-state index in [0.717, 1.165) is 18.3 Å². The van der Waals surface area contributed by atoms with Crippen molar-refractivity contribution in [1.82, 2.24) is 15.2 Å². The molecule has 1 N–H and O–H groups in total. The molecule has 1 aromatic carbocycles. The lowest BCUT2D eigenvalue weighted by atomic mass is 9.96. The van der Waals surface area contributed by atoms with Crippen LogP contribution in [0.1, 0.15) is 36.6 Å². The molecule has 0 radical (unpaired) electrons. The fourth-order valence-corrected chi connectivity index (χ4v) is 4.09. The van der Waals surface area contributed by atoms with Crippen LogP contribution in [0.15, 0.2) is 36.5 Å². The molecule has 1 spiro atoms. The molecule has 4 nitrogen and oxygen atoms in total. The molecule has 2 aliphatic rings. The van der Waals surface area contributed by atoms with Crippen LogP contribution in [0.4, 0.5) is 17.6 Å². The summed E-state index contributed by atoms with van der Waals surface area (Å²) >= 11 is 0. The summed E-state index contributed by atoms with van der Waals surface area (Å²) in [6.45, 7) is 0.687. The first-order valence-electron chi connectivity index (χ1n) is 9.06. The summed E-state index contributed by atoms with van der Waals surface area (Å²) in [5.41, 5.74) is -0.260. The van der Waals surface area contributed by atoms with Gasteiger partial charge < -0.3 is 4.90 Å². The van der Waals surface area contributed by atoms with Crippen molar-refractivity contribution in [3.05, 3.63) is 53.6 Å². The molecule has 4 rings (SSSR count). The number of nitrogens with one attached hydrogen (secondary N) is 1. The van der Waals surface area contributed by atoms with E-state index in [0.29, 0.717) is 37.1 Å². The number of hydrogen-bond donors (Lipinski definition) is 1. The highest BCUT2D eigenvalue weighted by Gasteiger charge is 2.50. The second kappa shape index (κ2) is 7.57. The first-order chi connectivity index (χ1) is 13.2. The van der Waals surface area contributed by atoms with Gasteiger partial charge in [-0.05, 0) is 43.0 Å². The lowest BCUT2D eigenvalue weighted by molar-refractivity contribution is -0.137. The van der Waals surface area contributed by atoms with E-state index in [1.54, 1.807) is 18.0 Å². The standard InChI is InChI=1S/C20H19F4N3O.ClH/c1-27-9-8-19(18(27)28)7-6-16(26-19)17-10-14(15(21)11-25-17)12-2-4-13(5-3-12)20(22,23)24;/h2-5,10-11,16,26H,6-9H2,1H3;1H/t16-,19-;/m0./s1. The normalized spacial score (nSPS) is 24.2. The maximum absolute atomic E-state index is 14.3. The zero-order chi connectivity index (χ0) is 20.1. The summed E-state index contributed by atoms with van der Waals surface area (Å²) in [5, 5.41) is 3.37. The number of benzene rings is 1. The molecule has 1 aromatic heterocycles. The summed E-state index contributed by atoms with van der Waals surface area (Å²) in [5.74, 6) is -0.548. The van der Waals surface area contributed by atoms with Crippen LogP contribution >= 0.6 is 12.4 Å². The molecule has 1 amide bonds. The molecule has 0 bridgehead atoms. The second-order valence-electron chi connectivity index (χ2n) is 7.46. The number of pyridine rings is 1. The van der Waals surface area contributed by atoms with E-state index in [1.165, 1.54) is 12.1 Å². The van der Waals surface area contributed by atoms with E-state index in [-0.39, 0.29) is 29.9 Å². The molecule has 9 heteroatoms. The van der Waals surface area contributed by atoms with Crippen molar-refractivity contribution in [2.45, 2.75) is 37.0 Å². The molecular weight excluding hydrogens is 410 g/mol. The Morgan fingerprint density at radius 2 is 1.90 bits per heavy atom. The molecule has 0 saturated carbocycles. The number of rotatable bonds is 2. The van der Waals surface area contributed by atoms with E-state index in [2.05, 4.69) is 10.3 Å². The molecule has 2 aromatic rings. The Morgan fingerprint density at radius 3 is 2.48 bits per heavy atom. The summed E-state index contributed by atoms with van der Waals surface area (Å²) in [4.78, 5) is 18.3. The third-order valence-corrected chi connectivity index (χ3v) is 5.70. The van der Waals surface area contributed by atoms with E-state index in [9.17, 15) is 22.4 Å². The van der Waals surface area contributed by atoms with Gasteiger partial charge in [-0.15, -0.1) is 12.4 Å². The quantitative estimate of drug-likeness (QED) is 0.722. The Kier molecular flexibility index (Phi) is 5.62. The van der Waals surface area contributed by atoms with Crippen molar-refractivity contribution in [3.63, 3.8) is 0 Å². The fourth-order valence-electron chi connectivity index (χ4n) is 4.09. The number of amides is 1.